The van der Waals surface area contributed by atoms with Crippen LogP contribution in [-0.4, -0.2) is 21.9 Å². The molecule has 3 rings (SSSR count). The summed E-state index contributed by atoms with van der Waals surface area (Å²) in [6.07, 6.45) is 8.77. The third-order valence-electron chi connectivity index (χ3n) is 4.44. The van der Waals surface area contributed by atoms with E-state index in [1.165, 1.54) is 5.56 Å². The van der Waals surface area contributed by atoms with Crippen molar-refractivity contribution < 1.29 is 4.79 Å². The quantitative estimate of drug-likeness (QED) is 0.853. The number of nitrogens with zero attached hydrogens (tertiary/aromatic N) is 2. The molecule has 5 nitrogen and oxygen atoms in total. The third-order valence-corrected chi connectivity index (χ3v) is 4.44. The van der Waals surface area contributed by atoms with E-state index < -0.39 is 0 Å². The number of carbonyl (C=O) groups excluding carboxylic acids is 1. The molecule has 116 valence electrons. The second kappa shape index (κ2) is 6.30. The highest BCUT2D eigenvalue weighted by Gasteiger charge is 2.22. The van der Waals surface area contributed by atoms with Gasteiger partial charge in [-0.2, -0.15) is 0 Å². The standard InChI is InChI=1S/C17H22N4O/c1-11(22)21-15-4-2-12(3-5-15)8-13-9-14(18)10-16-17(13)20-7-6-19-16/h6-7,9-10,12,15H,2-5,8,18H2,1H3,(H,21,22). The van der Waals surface area contributed by atoms with Crippen molar-refractivity contribution in [1.82, 2.24) is 15.3 Å². The van der Waals surface area contributed by atoms with Crippen molar-refractivity contribution in [1.29, 1.82) is 0 Å². The van der Waals surface area contributed by atoms with Gasteiger partial charge in [0.2, 0.25) is 5.91 Å². The van der Waals surface area contributed by atoms with Gasteiger partial charge in [-0.25, -0.2) is 0 Å². The third kappa shape index (κ3) is 3.35. The van der Waals surface area contributed by atoms with Gasteiger partial charge in [0, 0.05) is 31.0 Å². The first-order valence-electron chi connectivity index (χ1n) is 7.88. The molecule has 3 N–H and O–H groups in total. The first kappa shape index (κ1) is 14.8. The summed E-state index contributed by atoms with van der Waals surface area (Å²) in [5.41, 5.74) is 9.75. The summed E-state index contributed by atoms with van der Waals surface area (Å²) in [5, 5.41) is 3.02. The largest absolute Gasteiger partial charge is 0.399 e. The highest BCUT2D eigenvalue weighted by molar-refractivity contribution is 5.81. The van der Waals surface area contributed by atoms with E-state index in [1.807, 2.05) is 12.1 Å². The minimum Gasteiger partial charge on any atom is -0.399 e. The molecule has 1 aliphatic carbocycles. The van der Waals surface area contributed by atoms with Crippen LogP contribution in [0.2, 0.25) is 0 Å². The lowest BCUT2D eigenvalue weighted by molar-refractivity contribution is -0.119. The average molecular weight is 298 g/mol. The number of amides is 1. The topological polar surface area (TPSA) is 80.9 Å². The van der Waals surface area contributed by atoms with Crippen molar-refractivity contribution >= 4 is 22.6 Å². The number of hydrogen-bond donors (Lipinski definition) is 2. The Balaban J connectivity index is 1.71. The Hall–Kier alpha value is -2.17. The highest BCUT2D eigenvalue weighted by Crippen LogP contribution is 2.30. The van der Waals surface area contributed by atoms with E-state index in [-0.39, 0.29) is 5.91 Å². The number of anilines is 1. The first-order valence-corrected chi connectivity index (χ1v) is 7.88. The van der Waals surface area contributed by atoms with Crippen LogP contribution in [0.25, 0.3) is 11.0 Å². The molecule has 22 heavy (non-hydrogen) atoms. The minimum absolute atomic E-state index is 0.0700. The molecular weight excluding hydrogens is 276 g/mol. The number of fused-ring (bicyclic) bond motifs is 1. The van der Waals surface area contributed by atoms with Gasteiger partial charge in [-0.05, 0) is 55.7 Å². The SMILES string of the molecule is CC(=O)NC1CCC(Cc2cc(N)cc3nccnc23)CC1. The smallest absolute Gasteiger partial charge is 0.217 e. The Morgan fingerprint density at radius 2 is 1.95 bits per heavy atom. The van der Waals surface area contributed by atoms with E-state index in [1.54, 1.807) is 19.3 Å². The molecular formula is C17H22N4O. The molecule has 2 aromatic rings. The van der Waals surface area contributed by atoms with Crippen LogP contribution in [0.4, 0.5) is 5.69 Å². The Bertz CT molecular complexity index is 677. The summed E-state index contributed by atoms with van der Waals surface area (Å²) in [5.74, 6) is 0.692. The van der Waals surface area contributed by atoms with Crippen molar-refractivity contribution in [2.45, 2.75) is 45.1 Å². The van der Waals surface area contributed by atoms with Gasteiger partial charge < -0.3 is 11.1 Å². The van der Waals surface area contributed by atoms with Crippen LogP contribution in [-0.2, 0) is 11.2 Å². The lowest BCUT2D eigenvalue weighted by Crippen LogP contribution is -2.36. The number of rotatable bonds is 3. The molecule has 1 heterocycles. The number of aromatic nitrogens is 2. The van der Waals surface area contributed by atoms with Crippen molar-refractivity contribution in [3.8, 4) is 0 Å². The zero-order valence-electron chi connectivity index (χ0n) is 12.9. The maximum Gasteiger partial charge on any atom is 0.217 e. The van der Waals surface area contributed by atoms with Crippen molar-refractivity contribution in [3.63, 3.8) is 0 Å². The summed E-state index contributed by atoms with van der Waals surface area (Å²) in [7, 11) is 0. The van der Waals surface area contributed by atoms with E-state index in [2.05, 4.69) is 15.3 Å². The zero-order valence-corrected chi connectivity index (χ0v) is 12.9. The van der Waals surface area contributed by atoms with E-state index in [0.29, 0.717) is 12.0 Å². The molecule has 0 atom stereocenters. The van der Waals surface area contributed by atoms with E-state index in [9.17, 15) is 4.79 Å². The van der Waals surface area contributed by atoms with Crippen LogP contribution >= 0.6 is 0 Å². The molecule has 1 aromatic carbocycles. The number of nitrogens with one attached hydrogen (secondary N) is 1. The number of benzene rings is 1. The van der Waals surface area contributed by atoms with Gasteiger partial charge in [0.15, 0.2) is 0 Å². The molecule has 1 fully saturated rings. The molecule has 0 unspecified atom stereocenters. The van der Waals surface area contributed by atoms with Crippen molar-refractivity contribution in [3.05, 3.63) is 30.1 Å². The predicted molar refractivity (Wildman–Crippen MR) is 87.2 cm³/mol. The Labute approximate surface area is 130 Å². The van der Waals surface area contributed by atoms with Gasteiger partial charge in [-0.1, -0.05) is 0 Å². The van der Waals surface area contributed by atoms with Crippen LogP contribution in [0.3, 0.4) is 0 Å². The normalized spacial score (nSPS) is 21.7. The molecule has 0 saturated heterocycles. The van der Waals surface area contributed by atoms with E-state index in [0.717, 1.165) is 48.8 Å². The van der Waals surface area contributed by atoms with E-state index in [4.69, 9.17) is 5.73 Å². The van der Waals surface area contributed by atoms with Crippen LogP contribution in [0, 0.1) is 5.92 Å². The zero-order chi connectivity index (χ0) is 15.5. The summed E-state index contributed by atoms with van der Waals surface area (Å²) < 4.78 is 0. The van der Waals surface area contributed by atoms with Gasteiger partial charge in [0.1, 0.15) is 0 Å². The Morgan fingerprint density at radius 1 is 1.23 bits per heavy atom. The molecule has 1 saturated carbocycles. The van der Waals surface area contributed by atoms with Crippen LogP contribution in [0.1, 0.15) is 38.2 Å². The maximum absolute atomic E-state index is 11.1. The fourth-order valence-electron chi connectivity index (χ4n) is 3.44. The highest BCUT2D eigenvalue weighted by atomic mass is 16.1. The van der Waals surface area contributed by atoms with Gasteiger partial charge in [-0.15, -0.1) is 0 Å². The average Bonchev–Trinajstić information content (AvgIpc) is 2.48. The fourth-order valence-corrected chi connectivity index (χ4v) is 3.44. The number of carbonyl (C=O) groups is 1. The Kier molecular flexibility index (Phi) is 4.22. The number of hydrogen-bond acceptors (Lipinski definition) is 4. The molecule has 0 radical (unpaired) electrons. The lowest BCUT2D eigenvalue weighted by atomic mass is 9.82. The van der Waals surface area contributed by atoms with Crippen LogP contribution in [0.5, 0.6) is 0 Å². The van der Waals surface area contributed by atoms with Crippen molar-refractivity contribution in [2.24, 2.45) is 5.92 Å². The number of nitrogen functional groups attached to an aromatic ring is 1. The van der Waals surface area contributed by atoms with Crippen LogP contribution < -0.4 is 11.1 Å². The fraction of sp³-hybridized carbons (Fsp3) is 0.471. The predicted octanol–water partition coefficient (Wildman–Crippen LogP) is 2.45. The second-order valence-corrected chi connectivity index (χ2v) is 6.23. The molecule has 0 aliphatic heterocycles. The first-order chi connectivity index (χ1) is 10.6. The molecule has 0 bridgehead atoms. The van der Waals surface area contributed by atoms with Crippen molar-refractivity contribution in [2.75, 3.05) is 5.73 Å². The molecule has 1 aromatic heterocycles. The van der Waals surface area contributed by atoms with Gasteiger partial charge >= 0.3 is 0 Å². The summed E-state index contributed by atoms with van der Waals surface area (Å²) in [4.78, 5) is 19.9. The van der Waals surface area contributed by atoms with Gasteiger partial charge in [-0.3, -0.25) is 14.8 Å². The molecule has 1 aliphatic rings. The second-order valence-electron chi connectivity index (χ2n) is 6.23. The van der Waals surface area contributed by atoms with Crippen LogP contribution in [0.15, 0.2) is 24.5 Å². The molecule has 0 spiro atoms. The number of nitrogens with two attached hydrogens (primary N) is 1. The monoisotopic (exact) mass is 298 g/mol. The minimum atomic E-state index is 0.0700. The summed E-state index contributed by atoms with van der Waals surface area (Å²) in [6.45, 7) is 1.59. The molecule has 1 amide bonds. The lowest BCUT2D eigenvalue weighted by Gasteiger charge is -2.29. The Morgan fingerprint density at radius 3 is 2.68 bits per heavy atom. The maximum atomic E-state index is 11.1. The van der Waals surface area contributed by atoms with E-state index >= 15 is 0 Å². The van der Waals surface area contributed by atoms with Gasteiger partial charge in [0.25, 0.3) is 0 Å². The molecule has 5 heteroatoms. The van der Waals surface area contributed by atoms with Gasteiger partial charge in [0.05, 0.1) is 11.0 Å². The summed E-state index contributed by atoms with van der Waals surface area (Å²) >= 11 is 0. The summed E-state index contributed by atoms with van der Waals surface area (Å²) in [6, 6.07) is 4.24.